The first-order valence-electron chi connectivity index (χ1n) is 4.99. The molecule has 0 spiro atoms. The summed E-state index contributed by atoms with van der Waals surface area (Å²) in [5.41, 5.74) is -3.35. The zero-order chi connectivity index (χ0) is 13.3. The number of benzene rings is 1. The quantitative estimate of drug-likeness (QED) is 0.814. The zero-order valence-electron chi connectivity index (χ0n) is 9.33. The van der Waals surface area contributed by atoms with Crippen LogP contribution < -0.4 is 5.32 Å². The van der Waals surface area contributed by atoms with Gasteiger partial charge in [0.1, 0.15) is 17.2 Å². The Labute approximate surface area is 95.6 Å². The molecule has 0 aliphatic carbocycles. The van der Waals surface area contributed by atoms with E-state index in [1.165, 1.54) is 6.92 Å². The normalized spacial score (nSPS) is 15.7. The van der Waals surface area contributed by atoms with Crippen molar-refractivity contribution in [3.63, 3.8) is 0 Å². The van der Waals surface area contributed by atoms with Crippen molar-refractivity contribution < 1.29 is 22.0 Å². The van der Waals surface area contributed by atoms with Gasteiger partial charge in [0.2, 0.25) is 0 Å². The molecule has 1 N–H and O–H groups in total. The van der Waals surface area contributed by atoms with Gasteiger partial charge in [-0.25, -0.2) is 8.78 Å². The molecule has 0 bridgehead atoms. The van der Waals surface area contributed by atoms with E-state index in [1.54, 1.807) is 0 Å². The van der Waals surface area contributed by atoms with Crippen LogP contribution in [0, 0.1) is 11.6 Å². The Morgan fingerprint density at radius 1 is 1.18 bits per heavy atom. The molecule has 0 fully saturated rings. The number of rotatable bonds is 3. The molecule has 0 radical (unpaired) electrons. The molecule has 1 aromatic carbocycles. The van der Waals surface area contributed by atoms with Crippen LogP contribution in [0.3, 0.4) is 0 Å². The number of nitrogens with one attached hydrogen (secondary N) is 1. The fourth-order valence-corrected chi connectivity index (χ4v) is 1.58. The van der Waals surface area contributed by atoms with Crippen LogP contribution in [0.15, 0.2) is 18.2 Å². The van der Waals surface area contributed by atoms with Crippen molar-refractivity contribution in [3.05, 3.63) is 35.4 Å². The summed E-state index contributed by atoms with van der Waals surface area (Å²) in [6, 6.07) is 2.03. The first-order valence-corrected chi connectivity index (χ1v) is 4.99. The predicted molar refractivity (Wildman–Crippen MR) is 53.4 cm³/mol. The van der Waals surface area contributed by atoms with E-state index in [1.807, 2.05) is 0 Å². The van der Waals surface area contributed by atoms with Crippen molar-refractivity contribution in [2.24, 2.45) is 0 Å². The third-order valence-corrected chi connectivity index (χ3v) is 2.56. The molecule has 1 aromatic rings. The van der Waals surface area contributed by atoms with E-state index in [-0.39, 0.29) is 6.54 Å². The average Bonchev–Trinajstić information content (AvgIpc) is 2.20. The number of alkyl halides is 3. The Kier molecular flexibility index (Phi) is 3.76. The van der Waals surface area contributed by atoms with E-state index in [0.717, 1.165) is 13.0 Å². The van der Waals surface area contributed by atoms with E-state index < -0.39 is 28.9 Å². The maximum Gasteiger partial charge on any atom is 0.410 e. The lowest BCUT2D eigenvalue weighted by molar-refractivity contribution is -0.196. The van der Waals surface area contributed by atoms with Gasteiger partial charge in [-0.15, -0.1) is 0 Å². The van der Waals surface area contributed by atoms with Gasteiger partial charge in [0.05, 0.1) is 0 Å². The molecule has 1 atom stereocenters. The summed E-state index contributed by atoms with van der Waals surface area (Å²) in [5.74, 6) is -2.00. The van der Waals surface area contributed by atoms with Gasteiger partial charge in [0.25, 0.3) is 0 Å². The average molecular weight is 253 g/mol. The molecule has 0 aliphatic rings. The lowest BCUT2D eigenvalue weighted by Gasteiger charge is -2.33. The third kappa shape index (κ3) is 2.57. The zero-order valence-corrected chi connectivity index (χ0v) is 9.33. The Balaban J connectivity index is 3.37. The summed E-state index contributed by atoms with van der Waals surface area (Å²) >= 11 is 0. The van der Waals surface area contributed by atoms with Crippen molar-refractivity contribution in [1.29, 1.82) is 0 Å². The summed E-state index contributed by atoms with van der Waals surface area (Å²) < 4.78 is 65.2. The highest BCUT2D eigenvalue weighted by atomic mass is 19.4. The van der Waals surface area contributed by atoms with Gasteiger partial charge < -0.3 is 5.32 Å². The van der Waals surface area contributed by atoms with E-state index in [9.17, 15) is 22.0 Å². The second-order valence-electron chi connectivity index (χ2n) is 3.78. The smallest absolute Gasteiger partial charge is 0.300 e. The Hall–Kier alpha value is -1.17. The van der Waals surface area contributed by atoms with Crippen LogP contribution in [-0.2, 0) is 5.54 Å². The number of hydrogen-bond acceptors (Lipinski definition) is 1. The predicted octanol–water partition coefficient (Wildman–Crippen LogP) is 3.35. The van der Waals surface area contributed by atoms with E-state index >= 15 is 0 Å². The summed E-state index contributed by atoms with van der Waals surface area (Å²) in [6.45, 7) is 2.22. The summed E-state index contributed by atoms with van der Waals surface area (Å²) in [6.07, 6.45) is -4.72. The van der Waals surface area contributed by atoms with Gasteiger partial charge >= 0.3 is 6.18 Å². The molecule has 0 saturated carbocycles. The maximum atomic E-state index is 13.4. The highest BCUT2D eigenvalue weighted by Gasteiger charge is 2.53. The second kappa shape index (κ2) is 4.60. The van der Waals surface area contributed by atoms with Gasteiger partial charge in [-0.2, -0.15) is 13.2 Å². The molecule has 6 heteroatoms. The highest BCUT2D eigenvalue weighted by Crippen LogP contribution is 2.39. The van der Waals surface area contributed by atoms with Crippen molar-refractivity contribution in [1.82, 2.24) is 5.32 Å². The molecule has 17 heavy (non-hydrogen) atoms. The molecule has 96 valence electrons. The van der Waals surface area contributed by atoms with Gasteiger partial charge in [0, 0.05) is 5.56 Å². The van der Waals surface area contributed by atoms with Crippen LogP contribution >= 0.6 is 0 Å². The molecule has 0 heterocycles. The third-order valence-electron chi connectivity index (χ3n) is 2.56. The summed E-state index contributed by atoms with van der Waals surface area (Å²) in [5, 5.41) is 2.15. The lowest BCUT2D eigenvalue weighted by Crippen LogP contribution is -2.52. The highest BCUT2D eigenvalue weighted by molar-refractivity contribution is 5.28. The Morgan fingerprint density at radius 3 is 2.24 bits per heavy atom. The molecule has 0 saturated heterocycles. The van der Waals surface area contributed by atoms with E-state index in [4.69, 9.17) is 0 Å². The van der Waals surface area contributed by atoms with Gasteiger partial charge in [0.15, 0.2) is 0 Å². The minimum Gasteiger partial charge on any atom is -0.300 e. The monoisotopic (exact) mass is 253 g/mol. The first-order chi connectivity index (χ1) is 7.72. The fourth-order valence-electron chi connectivity index (χ4n) is 1.58. The molecular formula is C11H12F5N. The van der Waals surface area contributed by atoms with Crippen molar-refractivity contribution in [2.45, 2.75) is 25.6 Å². The Bertz CT molecular complexity index is 401. The first kappa shape index (κ1) is 13.9. The molecule has 0 aliphatic heterocycles. The Morgan fingerprint density at radius 2 is 1.76 bits per heavy atom. The molecule has 1 rings (SSSR count). The van der Waals surface area contributed by atoms with Gasteiger partial charge in [-0.1, -0.05) is 6.92 Å². The minimum absolute atomic E-state index is 0.0219. The van der Waals surface area contributed by atoms with E-state index in [0.29, 0.717) is 12.1 Å². The molecular weight excluding hydrogens is 241 g/mol. The van der Waals surface area contributed by atoms with Crippen LogP contribution in [0.25, 0.3) is 0 Å². The van der Waals surface area contributed by atoms with Crippen LogP contribution in [0.4, 0.5) is 22.0 Å². The van der Waals surface area contributed by atoms with Crippen molar-refractivity contribution in [3.8, 4) is 0 Å². The summed E-state index contributed by atoms with van der Waals surface area (Å²) in [4.78, 5) is 0. The second-order valence-corrected chi connectivity index (χ2v) is 3.78. The molecule has 1 unspecified atom stereocenters. The molecule has 1 nitrogen and oxygen atoms in total. The van der Waals surface area contributed by atoms with Gasteiger partial charge in [-0.3, -0.25) is 0 Å². The van der Waals surface area contributed by atoms with Crippen LogP contribution in [0.5, 0.6) is 0 Å². The van der Waals surface area contributed by atoms with Crippen LogP contribution in [0.1, 0.15) is 19.4 Å². The van der Waals surface area contributed by atoms with Crippen LogP contribution in [-0.4, -0.2) is 12.7 Å². The van der Waals surface area contributed by atoms with Crippen molar-refractivity contribution >= 4 is 0 Å². The van der Waals surface area contributed by atoms with Crippen molar-refractivity contribution in [2.75, 3.05) is 6.54 Å². The maximum absolute atomic E-state index is 13.4. The minimum atomic E-state index is -4.72. The molecule has 0 aromatic heterocycles. The lowest BCUT2D eigenvalue weighted by atomic mass is 9.90. The van der Waals surface area contributed by atoms with Crippen LogP contribution in [0.2, 0.25) is 0 Å². The standard InChI is InChI=1S/C11H12F5N/c1-3-17-10(2,11(14,15)16)8-6-7(12)4-5-9(8)13/h4-6,17H,3H2,1-2H3. The summed E-state index contributed by atoms with van der Waals surface area (Å²) in [7, 11) is 0. The number of halogens is 5. The van der Waals surface area contributed by atoms with E-state index in [2.05, 4.69) is 5.32 Å². The molecule has 0 amide bonds. The number of hydrogen-bond donors (Lipinski definition) is 1. The van der Waals surface area contributed by atoms with Gasteiger partial charge in [-0.05, 0) is 31.7 Å². The largest absolute Gasteiger partial charge is 0.410 e. The topological polar surface area (TPSA) is 12.0 Å². The fraction of sp³-hybridized carbons (Fsp3) is 0.455. The SMILES string of the molecule is CCNC(C)(c1cc(F)ccc1F)C(F)(F)F.